The van der Waals surface area contributed by atoms with Gasteiger partial charge in [-0.15, -0.1) is 0 Å². The van der Waals surface area contributed by atoms with Crippen LogP contribution < -0.4 is 5.56 Å². The lowest BCUT2D eigenvalue weighted by Gasteiger charge is -2.05. The summed E-state index contributed by atoms with van der Waals surface area (Å²) >= 11 is 3.50. The quantitative estimate of drug-likeness (QED) is 0.570. The number of aryl methyl sites for hydroxylation is 1. The summed E-state index contributed by atoms with van der Waals surface area (Å²) in [6, 6.07) is 7.61. The Morgan fingerprint density at radius 2 is 2.09 bits per heavy atom. The van der Waals surface area contributed by atoms with Crippen molar-refractivity contribution < 1.29 is 0 Å². The van der Waals surface area contributed by atoms with Crippen molar-refractivity contribution in [2.24, 2.45) is 7.05 Å². The van der Waals surface area contributed by atoms with Gasteiger partial charge in [-0.1, -0.05) is 12.1 Å². The van der Waals surface area contributed by atoms with Crippen LogP contribution in [0.4, 0.5) is 0 Å². The molecule has 0 fully saturated rings. The predicted octanol–water partition coefficient (Wildman–Crippen LogP) is 3.24. The zero-order valence-electron chi connectivity index (χ0n) is 11.7. The van der Waals surface area contributed by atoms with Gasteiger partial charge in [-0.05, 0) is 28.1 Å². The Hall–Kier alpha value is -2.47. The number of hydrogen-bond donors (Lipinski definition) is 1. The number of aromatic nitrogens is 4. The summed E-state index contributed by atoms with van der Waals surface area (Å²) in [5.74, 6) is 0.729. The SMILES string of the molecule is Cn1cc(Br)c2ccc(-c3nc4ccncc4[nH]3)cc2c1=O. The van der Waals surface area contributed by atoms with Crippen LogP contribution in [0.1, 0.15) is 0 Å². The van der Waals surface area contributed by atoms with Crippen molar-refractivity contribution in [3.63, 3.8) is 0 Å². The normalized spacial score (nSPS) is 11.4. The van der Waals surface area contributed by atoms with E-state index in [1.165, 1.54) is 0 Å². The minimum Gasteiger partial charge on any atom is -0.337 e. The molecule has 0 saturated carbocycles. The highest BCUT2D eigenvalue weighted by molar-refractivity contribution is 9.10. The molecule has 22 heavy (non-hydrogen) atoms. The minimum atomic E-state index is -0.0298. The molecule has 0 aliphatic carbocycles. The first kappa shape index (κ1) is 13.2. The molecule has 4 rings (SSSR count). The zero-order valence-corrected chi connectivity index (χ0v) is 13.3. The summed E-state index contributed by atoms with van der Waals surface area (Å²) in [5, 5.41) is 1.55. The number of nitrogens with zero attached hydrogens (tertiary/aromatic N) is 3. The van der Waals surface area contributed by atoms with Crippen LogP contribution in [-0.2, 0) is 7.05 Å². The first-order valence-electron chi connectivity index (χ1n) is 6.72. The molecule has 1 N–H and O–H groups in total. The zero-order chi connectivity index (χ0) is 15.3. The van der Waals surface area contributed by atoms with Gasteiger partial charge >= 0.3 is 0 Å². The largest absolute Gasteiger partial charge is 0.337 e. The van der Waals surface area contributed by atoms with Gasteiger partial charge in [0.15, 0.2) is 0 Å². The first-order valence-corrected chi connectivity index (χ1v) is 7.52. The van der Waals surface area contributed by atoms with Gasteiger partial charge in [-0.25, -0.2) is 4.98 Å². The maximum Gasteiger partial charge on any atom is 0.258 e. The molecule has 0 unspecified atom stereocenters. The summed E-state index contributed by atoms with van der Waals surface area (Å²) in [5.41, 5.74) is 2.57. The van der Waals surface area contributed by atoms with Crippen molar-refractivity contribution in [2.75, 3.05) is 0 Å². The summed E-state index contributed by atoms with van der Waals surface area (Å²) < 4.78 is 2.46. The average Bonchev–Trinajstić information content (AvgIpc) is 2.96. The predicted molar refractivity (Wildman–Crippen MR) is 89.8 cm³/mol. The van der Waals surface area contributed by atoms with E-state index in [9.17, 15) is 4.79 Å². The first-order chi connectivity index (χ1) is 10.6. The van der Waals surface area contributed by atoms with E-state index in [1.54, 1.807) is 30.2 Å². The maximum absolute atomic E-state index is 12.3. The Morgan fingerprint density at radius 1 is 1.23 bits per heavy atom. The summed E-state index contributed by atoms with van der Waals surface area (Å²) in [7, 11) is 1.74. The lowest BCUT2D eigenvalue weighted by molar-refractivity contribution is 0.869. The Kier molecular flexibility index (Phi) is 2.87. The molecule has 6 heteroatoms. The third-order valence-electron chi connectivity index (χ3n) is 3.69. The molecule has 0 bridgehead atoms. The Morgan fingerprint density at radius 3 is 2.91 bits per heavy atom. The summed E-state index contributed by atoms with van der Waals surface area (Å²) in [4.78, 5) is 24.2. The minimum absolute atomic E-state index is 0.0298. The van der Waals surface area contributed by atoms with Crippen LogP contribution in [0.2, 0.25) is 0 Å². The van der Waals surface area contributed by atoms with Crippen LogP contribution in [0.3, 0.4) is 0 Å². The van der Waals surface area contributed by atoms with Crippen molar-refractivity contribution in [3.8, 4) is 11.4 Å². The Bertz CT molecular complexity index is 1050. The number of hydrogen-bond acceptors (Lipinski definition) is 3. The van der Waals surface area contributed by atoms with Gasteiger partial charge in [0.05, 0.1) is 17.2 Å². The van der Waals surface area contributed by atoms with Crippen LogP contribution in [0.25, 0.3) is 33.2 Å². The molecule has 3 heterocycles. The number of rotatable bonds is 1. The van der Waals surface area contributed by atoms with Crippen molar-refractivity contribution >= 4 is 37.7 Å². The molecular weight excluding hydrogens is 344 g/mol. The lowest BCUT2D eigenvalue weighted by atomic mass is 10.1. The second kappa shape index (κ2) is 4.78. The van der Waals surface area contributed by atoms with Gasteiger partial charge in [0, 0.05) is 40.2 Å². The maximum atomic E-state index is 12.3. The molecule has 0 aliphatic rings. The highest BCUT2D eigenvalue weighted by Gasteiger charge is 2.10. The summed E-state index contributed by atoms with van der Waals surface area (Å²) in [6.07, 6.45) is 5.22. The number of pyridine rings is 2. The number of nitrogens with one attached hydrogen (secondary N) is 1. The second-order valence-electron chi connectivity index (χ2n) is 5.13. The van der Waals surface area contributed by atoms with Crippen molar-refractivity contribution in [1.29, 1.82) is 0 Å². The second-order valence-corrected chi connectivity index (χ2v) is 5.99. The molecule has 1 aromatic carbocycles. The fourth-order valence-electron chi connectivity index (χ4n) is 2.56. The number of aromatic amines is 1. The Balaban J connectivity index is 1.99. The molecule has 0 spiro atoms. The number of benzene rings is 1. The van der Waals surface area contributed by atoms with Crippen molar-refractivity contribution in [2.45, 2.75) is 0 Å². The van der Waals surface area contributed by atoms with Gasteiger partial charge < -0.3 is 9.55 Å². The standard InChI is InChI=1S/C16H11BrN4O/c1-21-8-12(17)10-3-2-9(6-11(10)16(21)22)15-19-13-4-5-18-7-14(13)20-15/h2-8H,1H3,(H,19,20). The van der Waals surface area contributed by atoms with Crippen molar-refractivity contribution in [3.05, 3.63) is 57.7 Å². The van der Waals surface area contributed by atoms with E-state index in [0.29, 0.717) is 5.39 Å². The molecule has 5 nitrogen and oxygen atoms in total. The van der Waals surface area contributed by atoms with Gasteiger partial charge in [-0.3, -0.25) is 9.78 Å². The third-order valence-corrected chi connectivity index (χ3v) is 4.32. The van der Waals surface area contributed by atoms with Crippen LogP contribution in [-0.4, -0.2) is 19.5 Å². The number of H-pyrrole nitrogens is 1. The molecule has 0 amide bonds. The van der Waals surface area contributed by atoms with Gasteiger partial charge in [0.1, 0.15) is 5.82 Å². The van der Waals surface area contributed by atoms with Crippen LogP contribution >= 0.6 is 15.9 Å². The molecule has 0 saturated heterocycles. The number of halogens is 1. The molecule has 108 valence electrons. The lowest BCUT2D eigenvalue weighted by Crippen LogP contribution is -2.16. The van der Waals surface area contributed by atoms with E-state index < -0.39 is 0 Å². The molecule has 0 aliphatic heterocycles. The smallest absolute Gasteiger partial charge is 0.258 e. The van der Waals surface area contributed by atoms with E-state index in [4.69, 9.17) is 0 Å². The van der Waals surface area contributed by atoms with E-state index >= 15 is 0 Å². The molecular formula is C16H11BrN4O. The highest BCUT2D eigenvalue weighted by atomic mass is 79.9. The van der Waals surface area contributed by atoms with Crippen LogP contribution in [0.5, 0.6) is 0 Å². The number of fused-ring (bicyclic) bond motifs is 2. The van der Waals surface area contributed by atoms with E-state index in [2.05, 4.69) is 30.9 Å². The molecule has 0 atom stereocenters. The van der Waals surface area contributed by atoms with Crippen LogP contribution in [0.15, 0.2) is 52.1 Å². The van der Waals surface area contributed by atoms with Crippen molar-refractivity contribution in [1.82, 2.24) is 19.5 Å². The van der Waals surface area contributed by atoms with Gasteiger partial charge in [0.2, 0.25) is 0 Å². The van der Waals surface area contributed by atoms with Crippen LogP contribution in [0, 0.1) is 0 Å². The fourth-order valence-corrected chi connectivity index (χ4v) is 3.21. The topological polar surface area (TPSA) is 63.6 Å². The van der Waals surface area contributed by atoms with E-state index in [0.717, 1.165) is 32.3 Å². The van der Waals surface area contributed by atoms with E-state index in [-0.39, 0.29) is 5.56 Å². The van der Waals surface area contributed by atoms with Gasteiger partial charge in [0.25, 0.3) is 5.56 Å². The monoisotopic (exact) mass is 354 g/mol. The fraction of sp³-hybridized carbons (Fsp3) is 0.0625. The van der Waals surface area contributed by atoms with Gasteiger partial charge in [-0.2, -0.15) is 0 Å². The third kappa shape index (κ3) is 1.95. The highest BCUT2D eigenvalue weighted by Crippen LogP contribution is 2.26. The molecule has 0 radical (unpaired) electrons. The average molecular weight is 355 g/mol. The molecule has 4 aromatic rings. The Labute approximate surface area is 133 Å². The number of imidazole rings is 1. The van der Waals surface area contributed by atoms with E-state index in [1.807, 2.05) is 24.3 Å². The molecule has 3 aromatic heterocycles. The summed E-state index contributed by atoms with van der Waals surface area (Å²) in [6.45, 7) is 0.